The standard InChI is InChI=1S/C23H30N4O3/c1-23(2,3)30-20(28)12-11-16-7-9-17(10-8-16)13-14-26-21(29)18-5-4-6-19(15-18)27-22(24)25/h4-10,15H,11-14H2,1-3H3,(H,26,29)(H4,24,25,27). The van der Waals surface area contributed by atoms with Crippen molar-refractivity contribution >= 4 is 23.5 Å². The number of nitrogens with two attached hydrogens (primary N) is 2. The molecule has 7 heteroatoms. The Morgan fingerprint density at radius 2 is 1.63 bits per heavy atom. The minimum atomic E-state index is -0.461. The van der Waals surface area contributed by atoms with E-state index in [1.54, 1.807) is 24.3 Å². The van der Waals surface area contributed by atoms with E-state index in [-0.39, 0.29) is 17.8 Å². The third kappa shape index (κ3) is 8.34. The van der Waals surface area contributed by atoms with Gasteiger partial charge < -0.3 is 21.5 Å². The average molecular weight is 411 g/mol. The van der Waals surface area contributed by atoms with Gasteiger partial charge >= 0.3 is 5.97 Å². The lowest BCUT2D eigenvalue weighted by Crippen LogP contribution is -2.25. The molecule has 0 bridgehead atoms. The van der Waals surface area contributed by atoms with E-state index in [0.717, 1.165) is 11.1 Å². The van der Waals surface area contributed by atoms with Crippen LogP contribution < -0.4 is 16.8 Å². The quantitative estimate of drug-likeness (QED) is 0.351. The summed E-state index contributed by atoms with van der Waals surface area (Å²) in [5, 5.41) is 2.89. The van der Waals surface area contributed by atoms with Crippen molar-refractivity contribution in [3.63, 3.8) is 0 Å². The van der Waals surface area contributed by atoms with Gasteiger partial charge in [-0.15, -0.1) is 0 Å². The van der Waals surface area contributed by atoms with E-state index in [4.69, 9.17) is 16.2 Å². The van der Waals surface area contributed by atoms with Gasteiger partial charge in [0.05, 0.1) is 5.69 Å². The van der Waals surface area contributed by atoms with Gasteiger partial charge in [-0.2, -0.15) is 0 Å². The third-order valence-corrected chi connectivity index (χ3v) is 4.13. The second-order valence-electron chi connectivity index (χ2n) is 8.00. The number of rotatable bonds is 8. The highest BCUT2D eigenvalue weighted by atomic mass is 16.6. The summed E-state index contributed by atoms with van der Waals surface area (Å²) in [5.74, 6) is -0.433. The smallest absolute Gasteiger partial charge is 0.306 e. The molecule has 7 nitrogen and oxygen atoms in total. The molecule has 30 heavy (non-hydrogen) atoms. The second kappa shape index (κ2) is 10.4. The molecule has 0 unspecified atom stereocenters. The molecule has 0 aliphatic carbocycles. The maximum Gasteiger partial charge on any atom is 0.306 e. The van der Waals surface area contributed by atoms with Crippen LogP contribution in [0.1, 0.15) is 48.7 Å². The van der Waals surface area contributed by atoms with Crippen LogP contribution in [0.5, 0.6) is 0 Å². The number of guanidine groups is 1. The van der Waals surface area contributed by atoms with Crippen LogP contribution in [0.4, 0.5) is 5.69 Å². The van der Waals surface area contributed by atoms with Crippen LogP contribution in [-0.2, 0) is 22.4 Å². The number of aryl methyl sites for hydroxylation is 1. The number of carbonyl (C=O) groups excluding carboxylic acids is 2. The first-order valence-corrected chi connectivity index (χ1v) is 9.90. The highest BCUT2D eigenvalue weighted by Gasteiger charge is 2.15. The minimum absolute atomic E-state index is 0.0536. The molecule has 0 aliphatic heterocycles. The van der Waals surface area contributed by atoms with Gasteiger partial charge in [0, 0.05) is 18.5 Å². The number of carbonyl (C=O) groups is 2. The molecule has 0 fully saturated rings. The Bertz CT molecular complexity index is 895. The second-order valence-corrected chi connectivity index (χ2v) is 8.00. The van der Waals surface area contributed by atoms with Crippen molar-refractivity contribution in [2.75, 3.05) is 6.54 Å². The Kier molecular flexibility index (Phi) is 7.98. The van der Waals surface area contributed by atoms with Gasteiger partial charge in [0.1, 0.15) is 5.60 Å². The molecule has 5 N–H and O–H groups in total. The predicted octanol–water partition coefficient (Wildman–Crippen LogP) is 2.84. The first-order chi connectivity index (χ1) is 14.1. The molecular weight excluding hydrogens is 380 g/mol. The van der Waals surface area contributed by atoms with E-state index >= 15 is 0 Å². The van der Waals surface area contributed by atoms with Gasteiger partial charge in [-0.25, -0.2) is 4.99 Å². The van der Waals surface area contributed by atoms with E-state index in [1.807, 2.05) is 45.0 Å². The van der Waals surface area contributed by atoms with Crippen LogP contribution in [-0.4, -0.2) is 30.0 Å². The Labute approximate surface area is 177 Å². The topological polar surface area (TPSA) is 120 Å². The zero-order valence-electron chi connectivity index (χ0n) is 17.8. The van der Waals surface area contributed by atoms with E-state index in [1.165, 1.54) is 0 Å². The molecule has 0 spiro atoms. The molecular formula is C23H30N4O3. The van der Waals surface area contributed by atoms with Crippen molar-refractivity contribution in [3.05, 3.63) is 65.2 Å². The normalized spacial score (nSPS) is 10.9. The van der Waals surface area contributed by atoms with Crippen molar-refractivity contribution in [3.8, 4) is 0 Å². The maximum atomic E-state index is 12.3. The van der Waals surface area contributed by atoms with Crippen molar-refractivity contribution in [2.45, 2.75) is 45.6 Å². The van der Waals surface area contributed by atoms with Crippen LogP contribution in [0.25, 0.3) is 0 Å². The first kappa shape index (κ1) is 22.9. The summed E-state index contributed by atoms with van der Waals surface area (Å²) < 4.78 is 5.32. The molecule has 2 aromatic rings. The molecule has 2 rings (SSSR count). The fourth-order valence-electron chi connectivity index (χ4n) is 2.80. The number of aliphatic imine (C=N–C) groups is 1. The minimum Gasteiger partial charge on any atom is -0.460 e. The van der Waals surface area contributed by atoms with Crippen molar-refractivity contribution < 1.29 is 14.3 Å². The molecule has 0 aliphatic rings. The summed E-state index contributed by atoms with van der Waals surface area (Å²) in [7, 11) is 0. The predicted molar refractivity (Wildman–Crippen MR) is 119 cm³/mol. The number of benzene rings is 2. The SMILES string of the molecule is CC(C)(C)OC(=O)CCc1ccc(CCNC(=O)c2cccc(N=C(N)N)c2)cc1. The zero-order chi connectivity index (χ0) is 22.1. The van der Waals surface area contributed by atoms with E-state index in [0.29, 0.717) is 37.1 Å². The highest BCUT2D eigenvalue weighted by Crippen LogP contribution is 2.14. The van der Waals surface area contributed by atoms with Crippen LogP contribution in [0.15, 0.2) is 53.5 Å². The number of amides is 1. The number of hydrogen-bond acceptors (Lipinski definition) is 4. The molecule has 0 atom stereocenters. The third-order valence-electron chi connectivity index (χ3n) is 4.13. The molecule has 0 radical (unpaired) electrons. The summed E-state index contributed by atoms with van der Waals surface area (Å²) in [6, 6.07) is 14.8. The fourth-order valence-corrected chi connectivity index (χ4v) is 2.80. The summed E-state index contributed by atoms with van der Waals surface area (Å²) >= 11 is 0. The van der Waals surface area contributed by atoms with Crippen LogP contribution in [0.3, 0.4) is 0 Å². The van der Waals surface area contributed by atoms with Crippen molar-refractivity contribution in [1.82, 2.24) is 5.32 Å². The number of nitrogens with zero attached hydrogens (tertiary/aromatic N) is 1. The molecule has 2 aromatic carbocycles. The monoisotopic (exact) mass is 410 g/mol. The molecule has 160 valence electrons. The number of hydrogen-bond donors (Lipinski definition) is 3. The Balaban J connectivity index is 1.79. The molecule has 0 aromatic heterocycles. The fraction of sp³-hybridized carbons (Fsp3) is 0.348. The summed E-state index contributed by atoms with van der Waals surface area (Å²) in [4.78, 5) is 28.1. The van der Waals surface area contributed by atoms with Gasteiger partial charge in [-0.05, 0) is 62.9 Å². The lowest BCUT2D eigenvalue weighted by atomic mass is 10.1. The summed E-state index contributed by atoms with van der Waals surface area (Å²) in [6.07, 6.45) is 1.69. The number of nitrogens with one attached hydrogen (secondary N) is 1. The lowest BCUT2D eigenvalue weighted by molar-refractivity contribution is -0.154. The largest absolute Gasteiger partial charge is 0.460 e. The Morgan fingerprint density at radius 1 is 1.00 bits per heavy atom. The summed E-state index contributed by atoms with van der Waals surface area (Å²) in [6.45, 7) is 6.08. The van der Waals surface area contributed by atoms with E-state index in [9.17, 15) is 9.59 Å². The van der Waals surface area contributed by atoms with Gasteiger partial charge in [-0.3, -0.25) is 9.59 Å². The Hall–Kier alpha value is -3.35. The van der Waals surface area contributed by atoms with E-state index < -0.39 is 5.60 Å². The van der Waals surface area contributed by atoms with Gasteiger partial charge in [0.2, 0.25) is 0 Å². The zero-order valence-corrected chi connectivity index (χ0v) is 17.8. The molecule has 0 heterocycles. The number of esters is 1. The first-order valence-electron chi connectivity index (χ1n) is 9.90. The van der Waals surface area contributed by atoms with Crippen molar-refractivity contribution in [2.24, 2.45) is 16.5 Å². The van der Waals surface area contributed by atoms with Crippen molar-refractivity contribution in [1.29, 1.82) is 0 Å². The van der Waals surface area contributed by atoms with Gasteiger partial charge in [-0.1, -0.05) is 30.3 Å². The van der Waals surface area contributed by atoms with Crippen LogP contribution in [0.2, 0.25) is 0 Å². The lowest BCUT2D eigenvalue weighted by Gasteiger charge is -2.19. The van der Waals surface area contributed by atoms with Crippen LogP contribution in [0, 0.1) is 0 Å². The highest BCUT2D eigenvalue weighted by molar-refractivity contribution is 5.95. The number of ether oxygens (including phenoxy) is 1. The Morgan fingerprint density at radius 3 is 2.23 bits per heavy atom. The molecule has 0 saturated heterocycles. The van der Waals surface area contributed by atoms with Gasteiger partial charge in [0.15, 0.2) is 5.96 Å². The maximum absolute atomic E-state index is 12.3. The van der Waals surface area contributed by atoms with Crippen LogP contribution >= 0.6 is 0 Å². The molecule has 1 amide bonds. The summed E-state index contributed by atoms with van der Waals surface area (Å²) in [5.41, 5.74) is 13.5. The molecule has 0 saturated carbocycles. The average Bonchev–Trinajstić information content (AvgIpc) is 2.65. The van der Waals surface area contributed by atoms with E-state index in [2.05, 4.69) is 10.3 Å². The van der Waals surface area contributed by atoms with Gasteiger partial charge in [0.25, 0.3) is 5.91 Å².